The van der Waals surface area contributed by atoms with Gasteiger partial charge in [-0.15, -0.1) is 12.4 Å². The average molecular weight is 344 g/mol. The van der Waals surface area contributed by atoms with Gasteiger partial charge in [-0.1, -0.05) is 6.07 Å². The molecule has 0 amide bonds. The number of hydroxylamine groups is 2. The van der Waals surface area contributed by atoms with Crippen LogP contribution in [0, 0.1) is 0 Å². The van der Waals surface area contributed by atoms with Crippen molar-refractivity contribution in [2.24, 2.45) is 21.5 Å². The second kappa shape index (κ2) is 7.38. The molecular formula is C14H22ClN5O3. The Labute approximate surface area is 141 Å². The molecule has 8 nitrogen and oxygen atoms in total. The van der Waals surface area contributed by atoms with Gasteiger partial charge in [0.25, 0.3) is 0 Å². The van der Waals surface area contributed by atoms with E-state index in [9.17, 15) is 0 Å². The van der Waals surface area contributed by atoms with Crippen LogP contribution in [0.25, 0.3) is 0 Å². The molecule has 1 aromatic rings. The Hall–Kier alpha value is -2.19. The third kappa shape index (κ3) is 4.17. The van der Waals surface area contributed by atoms with Crippen molar-refractivity contribution in [3.8, 4) is 11.5 Å². The molecule has 9 heteroatoms. The van der Waals surface area contributed by atoms with Crippen LogP contribution in [0.5, 0.6) is 11.5 Å². The van der Waals surface area contributed by atoms with Crippen LogP contribution in [0.2, 0.25) is 0 Å². The summed E-state index contributed by atoms with van der Waals surface area (Å²) < 4.78 is 10.5. The molecule has 128 valence electrons. The summed E-state index contributed by atoms with van der Waals surface area (Å²) >= 11 is 0. The quantitative estimate of drug-likeness (QED) is 0.832. The highest BCUT2D eigenvalue weighted by Gasteiger charge is 2.33. The molecule has 0 fully saturated rings. The minimum absolute atomic E-state index is 0. The SMILES string of the molecule is COc1ccc(CON2C(N)=NC(N)=NC2(C)C)cc1OC.Cl. The van der Waals surface area contributed by atoms with Gasteiger partial charge in [-0.05, 0) is 31.5 Å². The Morgan fingerprint density at radius 2 is 1.78 bits per heavy atom. The summed E-state index contributed by atoms with van der Waals surface area (Å²) in [6.45, 7) is 3.93. The number of ether oxygens (including phenoxy) is 2. The van der Waals surface area contributed by atoms with Crippen LogP contribution in [0.4, 0.5) is 0 Å². The lowest BCUT2D eigenvalue weighted by molar-refractivity contribution is -0.166. The number of aliphatic imine (C=N–C) groups is 2. The lowest BCUT2D eigenvalue weighted by atomic mass is 10.2. The van der Waals surface area contributed by atoms with E-state index in [2.05, 4.69) is 9.98 Å². The summed E-state index contributed by atoms with van der Waals surface area (Å²) in [5, 5.41) is 1.43. The average Bonchev–Trinajstić information content (AvgIpc) is 2.44. The summed E-state index contributed by atoms with van der Waals surface area (Å²) in [4.78, 5) is 13.9. The van der Waals surface area contributed by atoms with Crippen molar-refractivity contribution in [1.29, 1.82) is 0 Å². The Morgan fingerprint density at radius 1 is 1.13 bits per heavy atom. The van der Waals surface area contributed by atoms with Crippen LogP contribution < -0.4 is 20.9 Å². The molecule has 0 atom stereocenters. The smallest absolute Gasteiger partial charge is 0.226 e. The number of nitrogens with two attached hydrogens (primary N) is 2. The predicted octanol–water partition coefficient (Wildman–Crippen LogP) is 1.24. The third-order valence-electron chi connectivity index (χ3n) is 3.13. The number of guanidine groups is 2. The maximum Gasteiger partial charge on any atom is 0.226 e. The normalized spacial score (nSPS) is 16.1. The maximum atomic E-state index is 5.86. The second-order valence-corrected chi connectivity index (χ2v) is 5.19. The molecule has 0 radical (unpaired) electrons. The molecule has 1 aliphatic heterocycles. The molecule has 0 spiro atoms. The van der Waals surface area contributed by atoms with Gasteiger partial charge in [0.1, 0.15) is 6.61 Å². The van der Waals surface area contributed by atoms with Gasteiger partial charge >= 0.3 is 0 Å². The molecule has 0 bridgehead atoms. The predicted molar refractivity (Wildman–Crippen MR) is 90.7 cm³/mol. The fourth-order valence-electron chi connectivity index (χ4n) is 2.13. The van der Waals surface area contributed by atoms with Gasteiger partial charge < -0.3 is 20.9 Å². The number of hydrogen-bond donors (Lipinski definition) is 2. The van der Waals surface area contributed by atoms with Gasteiger partial charge in [-0.3, -0.25) is 4.84 Å². The van der Waals surface area contributed by atoms with E-state index in [1.807, 2.05) is 32.0 Å². The summed E-state index contributed by atoms with van der Waals surface area (Å²) in [7, 11) is 3.17. The zero-order valence-electron chi connectivity index (χ0n) is 13.6. The van der Waals surface area contributed by atoms with E-state index >= 15 is 0 Å². The highest BCUT2D eigenvalue weighted by atomic mass is 35.5. The molecule has 23 heavy (non-hydrogen) atoms. The number of nitrogens with zero attached hydrogens (tertiary/aromatic N) is 3. The standard InChI is InChI=1S/C14H21N5O3.ClH/c1-14(2)18-12(15)17-13(16)19(14)22-8-9-5-6-10(20-3)11(7-9)21-4;/h5-7H,8H2,1-4H3,(H4,15,16,17,18);1H. The zero-order valence-corrected chi connectivity index (χ0v) is 14.4. The molecule has 0 saturated heterocycles. The van der Waals surface area contributed by atoms with Gasteiger partial charge in [0.05, 0.1) is 14.2 Å². The fourth-order valence-corrected chi connectivity index (χ4v) is 2.13. The number of rotatable bonds is 5. The van der Waals surface area contributed by atoms with Crippen LogP contribution >= 0.6 is 12.4 Å². The van der Waals surface area contributed by atoms with Crippen molar-refractivity contribution >= 4 is 24.3 Å². The molecule has 0 aliphatic carbocycles. The topological polar surface area (TPSA) is 108 Å². The molecule has 0 saturated carbocycles. The van der Waals surface area contributed by atoms with Gasteiger partial charge in [0, 0.05) is 0 Å². The first-order valence-corrected chi connectivity index (χ1v) is 6.71. The van der Waals surface area contributed by atoms with E-state index in [4.69, 9.17) is 25.8 Å². The van der Waals surface area contributed by atoms with Crippen LogP contribution in [-0.4, -0.2) is 36.9 Å². The van der Waals surface area contributed by atoms with Crippen molar-refractivity contribution in [3.05, 3.63) is 23.8 Å². The minimum atomic E-state index is -0.730. The Morgan fingerprint density at radius 3 is 2.35 bits per heavy atom. The van der Waals surface area contributed by atoms with Crippen LogP contribution in [0.3, 0.4) is 0 Å². The van der Waals surface area contributed by atoms with Gasteiger partial charge in [0.2, 0.25) is 11.9 Å². The molecule has 1 aliphatic rings. The lowest BCUT2D eigenvalue weighted by Crippen LogP contribution is -2.53. The van der Waals surface area contributed by atoms with Crippen molar-refractivity contribution in [2.45, 2.75) is 26.1 Å². The van der Waals surface area contributed by atoms with Crippen molar-refractivity contribution in [3.63, 3.8) is 0 Å². The van der Waals surface area contributed by atoms with E-state index in [-0.39, 0.29) is 30.9 Å². The molecule has 0 unspecified atom stereocenters. The number of benzene rings is 1. The summed E-state index contributed by atoms with van der Waals surface area (Å²) in [6.07, 6.45) is 0. The Bertz CT molecular complexity index is 618. The first-order valence-electron chi connectivity index (χ1n) is 6.71. The first-order chi connectivity index (χ1) is 10.4. The monoisotopic (exact) mass is 343 g/mol. The lowest BCUT2D eigenvalue weighted by Gasteiger charge is -2.36. The van der Waals surface area contributed by atoms with Crippen LogP contribution in [0.1, 0.15) is 19.4 Å². The fraction of sp³-hybridized carbons (Fsp3) is 0.429. The van der Waals surface area contributed by atoms with Crippen molar-refractivity contribution in [2.75, 3.05) is 14.2 Å². The largest absolute Gasteiger partial charge is 0.493 e. The van der Waals surface area contributed by atoms with E-state index in [1.54, 1.807) is 14.2 Å². The highest BCUT2D eigenvalue weighted by molar-refractivity contribution is 5.95. The van der Waals surface area contributed by atoms with E-state index in [0.717, 1.165) is 5.56 Å². The van der Waals surface area contributed by atoms with Gasteiger partial charge in [0.15, 0.2) is 17.2 Å². The maximum absolute atomic E-state index is 5.86. The van der Waals surface area contributed by atoms with Crippen molar-refractivity contribution < 1.29 is 14.3 Å². The first kappa shape index (κ1) is 18.9. The van der Waals surface area contributed by atoms with Crippen LogP contribution in [-0.2, 0) is 11.4 Å². The van der Waals surface area contributed by atoms with E-state index < -0.39 is 5.66 Å². The third-order valence-corrected chi connectivity index (χ3v) is 3.13. The Balaban J connectivity index is 0.00000264. The molecule has 1 aromatic carbocycles. The minimum Gasteiger partial charge on any atom is -0.493 e. The van der Waals surface area contributed by atoms with Crippen LogP contribution in [0.15, 0.2) is 28.2 Å². The second-order valence-electron chi connectivity index (χ2n) is 5.19. The number of methoxy groups -OCH3 is 2. The summed E-state index contributed by atoms with van der Waals surface area (Å²) in [5.74, 6) is 1.58. The summed E-state index contributed by atoms with van der Waals surface area (Å²) in [6, 6.07) is 5.52. The molecule has 2 rings (SSSR count). The Kier molecular flexibility index (Phi) is 6.05. The summed E-state index contributed by atoms with van der Waals surface area (Å²) in [5.41, 5.74) is 11.6. The number of halogens is 1. The van der Waals surface area contributed by atoms with Gasteiger partial charge in [-0.25, -0.2) is 4.99 Å². The van der Waals surface area contributed by atoms with E-state index in [1.165, 1.54) is 5.06 Å². The molecule has 1 heterocycles. The van der Waals surface area contributed by atoms with Crippen molar-refractivity contribution in [1.82, 2.24) is 5.06 Å². The van der Waals surface area contributed by atoms with Gasteiger partial charge in [-0.2, -0.15) is 10.1 Å². The number of hydrogen-bond acceptors (Lipinski definition) is 8. The zero-order chi connectivity index (χ0) is 16.3. The molecular weight excluding hydrogens is 322 g/mol. The molecule has 4 N–H and O–H groups in total. The highest BCUT2D eigenvalue weighted by Crippen LogP contribution is 2.28. The van der Waals surface area contributed by atoms with E-state index in [0.29, 0.717) is 11.5 Å². The molecule has 0 aromatic heterocycles.